The molecular formula is C26H27FN2O5. The number of carbonyl (C=O) groups excluding carboxylic acids is 4. The van der Waals surface area contributed by atoms with E-state index >= 15 is 0 Å². The van der Waals surface area contributed by atoms with Gasteiger partial charge in [0.2, 0.25) is 5.91 Å². The summed E-state index contributed by atoms with van der Waals surface area (Å²) >= 11 is 0. The number of esters is 1. The Labute approximate surface area is 197 Å². The van der Waals surface area contributed by atoms with E-state index in [-0.39, 0.29) is 41.4 Å². The van der Waals surface area contributed by atoms with Gasteiger partial charge >= 0.3 is 5.97 Å². The molecule has 7 nitrogen and oxygen atoms in total. The lowest BCUT2D eigenvalue weighted by Crippen LogP contribution is -2.52. The van der Waals surface area contributed by atoms with Gasteiger partial charge < -0.3 is 4.74 Å². The van der Waals surface area contributed by atoms with Crippen molar-refractivity contribution in [1.82, 2.24) is 4.90 Å². The van der Waals surface area contributed by atoms with Gasteiger partial charge in [0.1, 0.15) is 5.82 Å². The van der Waals surface area contributed by atoms with Crippen molar-refractivity contribution in [2.24, 2.45) is 0 Å². The summed E-state index contributed by atoms with van der Waals surface area (Å²) in [7, 11) is 0. The Kier molecular flexibility index (Phi) is 6.88. The number of Topliss-reactive ketones (excluding diaryl/α,β-unsaturated/α-hetero) is 1. The van der Waals surface area contributed by atoms with Crippen LogP contribution in [0.25, 0.3) is 0 Å². The molecule has 2 aliphatic rings. The van der Waals surface area contributed by atoms with Crippen molar-refractivity contribution >= 4 is 29.3 Å². The number of ketones is 1. The monoisotopic (exact) mass is 466 g/mol. The number of hydrogen-bond donors (Lipinski definition) is 0. The van der Waals surface area contributed by atoms with E-state index in [9.17, 15) is 23.6 Å². The molecule has 34 heavy (non-hydrogen) atoms. The van der Waals surface area contributed by atoms with Crippen LogP contribution in [-0.2, 0) is 14.3 Å². The summed E-state index contributed by atoms with van der Waals surface area (Å²) < 4.78 is 18.1. The van der Waals surface area contributed by atoms with Crippen LogP contribution in [0, 0.1) is 5.82 Å². The molecule has 1 unspecified atom stereocenters. The average molecular weight is 467 g/mol. The fraction of sp³-hybridized carbons (Fsp3) is 0.385. The first-order valence-corrected chi connectivity index (χ1v) is 11.5. The summed E-state index contributed by atoms with van der Waals surface area (Å²) in [5, 5.41) is 0. The number of benzene rings is 2. The number of nitrogens with zero attached hydrogens (tertiary/aromatic N) is 2. The van der Waals surface area contributed by atoms with E-state index in [1.165, 1.54) is 41.3 Å². The van der Waals surface area contributed by atoms with Gasteiger partial charge in [-0.2, -0.15) is 0 Å². The molecule has 2 heterocycles. The minimum Gasteiger partial charge on any atom is -0.454 e. The highest BCUT2D eigenvalue weighted by Gasteiger charge is 2.46. The van der Waals surface area contributed by atoms with Crippen LogP contribution in [-0.4, -0.2) is 53.2 Å². The molecule has 2 saturated heterocycles. The van der Waals surface area contributed by atoms with Crippen molar-refractivity contribution in [3.63, 3.8) is 0 Å². The maximum atomic E-state index is 13.2. The van der Waals surface area contributed by atoms with Crippen LogP contribution < -0.4 is 4.90 Å². The zero-order chi connectivity index (χ0) is 24.4. The van der Waals surface area contributed by atoms with Gasteiger partial charge in [-0.15, -0.1) is 0 Å². The van der Waals surface area contributed by atoms with Crippen molar-refractivity contribution in [2.45, 2.75) is 57.7 Å². The van der Waals surface area contributed by atoms with E-state index < -0.39 is 30.2 Å². The summed E-state index contributed by atoms with van der Waals surface area (Å²) in [4.78, 5) is 53.7. The Hall–Kier alpha value is -3.39. The summed E-state index contributed by atoms with van der Waals surface area (Å²) in [6.45, 7) is 3.71. The first-order chi connectivity index (χ1) is 16.3. The number of ether oxygens (including phenoxy) is 1. The second-order valence-corrected chi connectivity index (χ2v) is 8.92. The van der Waals surface area contributed by atoms with Crippen molar-refractivity contribution in [3.05, 3.63) is 65.5 Å². The van der Waals surface area contributed by atoms with Crippen LogP contribution in [0.4, 0.5) is 10.1 Å². The number of halogens is 1. The molecule has 0 spiro atoms. The quantitative estimate of drug-likeness (QED) is 0.366. The lowest BCUT2D eigenvalue weighted by atomic mass is 9.94. The minimum absolute atomic E-state index is 0.142. The van der Waals surface area contributed by atoms with Crippen molar-refractivity contribution in [3.8, 4) is 0 Å². The van der Waals surface area contributed by atoms with Crippen LogP contribution in [0.2, 0.25) is 0 Å². The SMILES string of the molecule is C[C@@H]1CCC[C@H](C)N1C1CC(=O)N(c2ccc(C(=O)OCC(=O)c3ccc(F)cc3)cc2)C1=O. The number of anilines is 1. The van der Waals surface area contributed by atoms with Crippen LogP contribution in [0.1, 0.15) is 60.2 Å². The van der Waals surface area contributed by atoms with E-state index in [1.54, 1.807) is 0 Å². The molecule has 4 rings (SSSR count). The van der Waals surface area contributed by atoms with Gasteiger partial charge in [0, 0.05) is 17.6 Å². The zero-order valence-corrected chi connectivity index (χ0v) is 19.2. The molecule has 2 aliphatic heterocycles. The van der Waals surface area contributed by atoms with E-state index in [0.717, 1.165) is 31.4 Å². The Bertz CT molecular complexity index is 1090. The number of rotatable bonds is 6. The average Bonchev–Trinajstić information content (AvgIpc) is 3.11. The number of piperidine rings is 1. The molecule has 0 bridgehead atoms. The molecule has 3 atom stereocenters. The number of amides is 2. The number of likely N-dealkylation sites (tertiary alicyclic amines) is 1. The maximum absolute atomic E-state index is 13.2. The maximum Gasteiger partial charge on any atom is 0.338 e. The van der Waals surface area contributed by atoms with E-state index in [0.29, 0.717) is 5.69 Å². The summed E-state index contributed by atoms with van der Waals surface area (Å²) in [5.74, 6) is -2.14. The first-order valence-electron chi connectivity index (χ1n) is 11.5. The van der Waals surface area contributed by atoms with E-state index in [4.69, 9.17) is 4.74 Å². The van der Waals surface area contributed by atoms with E-state index in [1.807, 2.05) is 0 Å². The number of carbonyl (C=O) groups is 4. The van der Waals surface area contributed by atoms with Gasteiger partial charge in [-0.25, -0.2) is 14.1 Å². The van der Waals surface area contributed by atoms with Crippen LogP contribution in [0.15, 0.2) is 48.5 Å². The lowest BCUT2D eigenvalue weighted by Gasteiger charge is -2.41. The third-order valence-corrected chi connectivity index (χ3v) is 6.61. The summed E-state index contributed by atoms with van der Waals surface area (Å²) in [6.07, 6.45) is 3.26. The highest BCUT2D eigenvalue weighted by Crippen LogP contribution is 2.32. The summed E-state index contributed by atoms with van der Waals surface area (Å²) in [6, 6.07) is 10.9. The smallest absolute Gasteiger partial charge is 0.338 e. The predicted octanol–water partition coefficient (Wildman–Crippen LogP) is 3.76. The van der Waals surface area contributed by atoms with Crippen LogP contribution >= 0.6 is 0 Å². The molecule has 2 aromatic rings. The van der Waals surface area contributed by atoms with Gasteiger partial charge in [0.25, 0.3) is 5.91 Å². The van der Waals surface area contributed by atoms with Crippen molar-refractivity contribution < 1.29 is 28.3 Å². The van der Waals surface area contributed by atoms with Crippen molar-refractivity contribution in [2.75, 3.05) is 11.5 Å². The molecule has 2 fully saturated rings. The zero-order valence-electron chi connectivity index (χ0n) is 19.2. The standard InChI is InChI=1S/C26H27FN2O5/c1-16-4-3-5-17(2)28(16)22-14-24(31)29(25(22)32)21-12-8-19(9-13-21)26(33)34-15-23(30)18-6-10-20(27)11-7-18/h6-13,16-17,22H,3-5,14-15H2,1-2H3/t16-,17+,22?. The van der Waals surface area contributed by atoms with E-state index in [2.05, 4.69) is 18.7 Å². The van der Waals surface area contributed by atoms with Gasteiger partial charge in [-0.1, -0.05) is 6.42 Å². The Balaban J connectivity index is 1.40. The molecule has 0 radical (unpaired) electrons. The fourth-order valence-electron chi connectivity index (χ4n) is 4.86. The largest absolute Gasteiger partial charge is 0.454 e. The molecule has 0 saturated carbocycles. The van der Waals surface area contributed by atoms with Gasteiger partial charge in [0.05, 0.1) is 23.7 Å². The molecular weight excluding hydrogens is 439 g/mol. The second kappa shape index (κ2) is 9.85. The third kappa shape index (κ3) is 4.77. The predicted molar refractivity (Wildman–Crippen MR) is 123 cm³/mol. The molecule has 0 N–H and O–H groups in total. The molecule has 8 heteroatoms. The highest BCUT2D eigenvalue weighted by molar-refractivity contribution is 6.22. The second-order valence-electron chi connectivity index (χ2n) is 8.92. The minimum atomic E-state index is -0.713. The van der Waals surface area contributed by atoms with Gasteiger partial charge in [-0.3, -0.25) is 19.3 Å². The topological polar surface area (TPSA) is 84.0 Å². The van der Waals surface area contributed by atoms with Crippen LogP contribution in [0.3, 0.4) is 0 Å². The van der Waals surface area contributed by atoms with Gasteiger partial charge in [0.15, 0.2) is 12.4 Å². The molecule has 2 amide bonds. The first kappa shape index (κ1) is 23.8. The van der Waals surface area contributed by atoms with Crippen LogP contribution in [0.5, 0.6) is 0 Å². The third-order valence-electron chi connectivity index (χ3n) is 6.61. The molecule has 2 aromatic carbocycles. The number of imide groups is 1. The molecule has 0 aliphatic carbocycles. The molecule has 0 aromatic heterocycles. The van der Waals surface area contributed by atoms with Crippen molar-refractivity contribution in [1.29, 1.82) is 0 Å². The highest BCUT2D eigenvalue weighted by atomic mass is 19.1. The summed E-state index contributed by atoms with van der Waals surface area (Å²) in [5.41, 5.74) is 0.820. The fourth-order valence-corrected chi connectivity index (χ4v) is 4.86. The van der Waals surface area contributed by atoms with Gasteiger partial charge in [-0.05, 0) is 75.2 Å². The Morgan fingerprint density at radius 1 is 0.941 bits per heavy atom. The Morgan fingerprint density at radius 2 is 1.53 bits per heavy atom. The normalized spacial score (nSPS) is 23.3. The number of hydrogen-bond acceptors (Lipinski definition) is 6. The lowest BCUT2D eigenvalue weighted by molar-refractivity contribution is -0.124. The Morgan fingerprint density at radius 3 is 2.15 bits per heavy atom. The molecule has 178 valence electrons.